The molecule has 0 unspecified atom stereocenters. The summed E-state index contributed by atoms with van der Waals surface area (Å²) in [5, 5.41) is 1.93. The second kappa shape index (κ2) is 5.03. The van der Waals surface area contributed by atoms with Crippen molar-refractivity contribution in [1.82, 2.24) is 11.1 Å². The molecule has 97 valence electrons. The van der Waals surface area contributed by atoms with E-state index in [9.17, 15) is 27.2 Å². The molecule has 0 aliphatic heterocycles. The maximum Gasteiger partial charge on any atom is 0.419 e. The molecule has 2 amide bonds. The van der Waals surface area contributed by atoms with Crippen LogP contribution >= 0.6 is 0 Å². The van der Waals surface area contributed by atoms with Gasteiger partial charge in [0.2, 0.25) is 0 Å². The number of nitrogens with one attached hydrogen (secondary N) is 2. The van der Waals surface area contributed by atoms with Gasteiger partial charge in [-0.2, -0.15) is 13.2 Å². The van der Waals surface area contributed by atoms with E-state index in [0.29, 0.717) is 12.1 Å². The Kier molecular flexibility index (Phi) is 3.89. The van der Waals surface area contributed by atoms with Crippen molar-refractivity contribution < 1.29 is 27.2 Å². The molecule has 0 aliphatic carbocycles. The second-order valence-corrected chi connectivity index (χ2v) is 3.30. The van der Waals surface area contributed by atoms with Crippen molar-refractivity contribution in [2.75, 3.05) is 6.54 Å². The first-order valence-corrected chi connectivity index (χ1v) is 4.61. The van der Waals surface area contributed by atoms with E-state index in [1.807, 2.05) is 5.32 Å². The third kappa shape index (κ3) is 3.44. The number of hydrogen-bond acceptors (Lipinski definition) is 2. The molecular formula is C10H7F4N2O2. The minimum absolute atomic E-state index is 0.346. The molecule has 1 rings (SSSR count). The molecule has 0 heterocycles. The molecule has 0 spiro atoms. The fourth-order valence-corrected chi connectivity index (χ4v) is 1.15. The number of carbonyl (C=O) groups is 2. The van der Waals surface area contributed by atoms with Crippen LogP contribution in [0.15, 0.2) is 18.2 Å². The Bertz CT molecular complexity index is 485. The molecule has 0 atom stereocenters. The molecule has 8 heteroatoms. The van der Waals surface area contributed by atoms with E-state index in [-0.39, 0.29) is 0 Å². The van der Waals surface area contributed by atoms with Crippen LogP contribution in [0.25, 0.3) is 0 Å². The van der Waals surface area contributed by atoms with Crippen LogP contribution in [0.2, 0.25) is 0 Å². The standard InChI is InChI=1S/C10H7F4N2O2/c11-7-2-1-5(3-6(7)10(12,13)14)9(18)16-4-8(15)17/h1-3,15H,4H2,(H,16,18). The van der Waals surface area contributed by atoms with Gasteiger partial charge in [0.25, 0.3) is 11.8 Å². The van der Waals surface area contributed by atoms with Crippen LogP contribution in [0.3, 0.4) is 0 Å². The van der Waals surface area contributed by atoms with Crippen molar-refractivity contribution >= 4 is 11.8 Å². The number of benzene rings is 1. The molecule has 0 fully saturated rings. The van der Waals surface area contributed by atoms with E-state index in [0.717, 1.165) is 6.07 Å². The van der Waals surface area contributed by atoms with Crippen LogP contribution in [0.5, 0.6) is 0 Å². The first kappa shape index (κ1) is 13.9. The maximum absolute atomic E-state index is 12.9. The zero-order valence-corrected chi connectivity index (χ0v) is 8.77. The predicted octanol–water partition coefficient (Wildman–Crippen LogP) is 1.38. The van der Waals surface area contributed by atoms with Crippen molar-refractivity contribution in [3.05, 3.63) is 35.1 Å². The molecule has 0 saturated heterocycles. The minimum Gasteiger partial charge on any atom is -0.343 e. The highest BCUT2D eigenvalue weighted by molar-refractivity contribution is 5.96. The Labute approximate surface area is 98.8 Å². The van der Waals surface area contributed by atoms with Gasteiger partial charge in [0.05, 0.1) is 12.1 Å². The van der Waals surface area contributed by atoms with Gasteiger partial charge in [0, 0.05) is 5.56 Å². The Morgan fingerprint density at radius 3 is 2.39 bits per heavy atom. The lowest BCUT2D eigenvalue weighted by atomic mass is 10.1. The van der Waals surface area contributed by atoms with Crippen LogP contribution in [-0.2, 0) is 11.0 Å². The summed E-state index contributed by atoms with van der Waals surface area (Å²) in [6.45, 7) is -0.627. The van der Waals surface area contributed by atoms with E-state index in [4.69, 9.17) is 5.73 Å². The van der Waals surface area contributed by atoms with Gasteiger partial charge in [-0.15, -0.1) is 0 Å². The van der Waals surface area contributed by atoms with E-state index in [1.54, 1.807) is 0 Å². The van der Waals surface area contributed by atoms with Crippen molar-refractivity contribution in [3.63, 3.8) is 0 Å². The molecule has 0 aromatic heterocycles. The van der Waals surface area contributed by atoms with Crippen molar-refractivity contribution in [2.45, 2.75) is 6.18 Å². The minimum atomic E-state index is -4.91. The summed E-state index contributed by atoms with van der Waals surface area (Å²) in [7, 11) is 0. The average molecular weight is 263 g/mol. The average Bonchev–Trinajstić information content (AvgIpc) is 2.24. The molecule has 2 N–H and O–H groups in total. The number of alkyl halides is 3. The SMILES string of the molecule is [NH]C(=O)CNC(=O)c1ccc(F)c(C(F)(F)F)c1. The zero-order valence-electron chi connectivity index (χ0n) is 8.77. The van der Waals surface area contributed by atoms with Gasteiger partial charge in [-0.1, -0.05) is 0 Å². The first-order chi connectivity index (χ1) is 8.21. The number of rotatable bonds is 3. The summed E-state index contributed by atoms with van der Waals surface area (Å²) < 4.78 is 50.0. The Morgan fingerprint density at radius 2 is 1.89 bits per heavy atom. The smallest absolute Gasteiger partial charge is 0.343 e. The van der Waals surface area contributed by atoms with Crippen molar-refractivity contribution in [2.24, 2.45) is 0 Å². The van der Waals surface area contributed by atoms with Crippen molar-refractivity contribution in [3.8, 4) is 0 Å². The van der Waals surface area contributed by atoms with Crippen LogP contribution < -0.4 is 11.1 Å². The molecule has 1 aromatic rings. The maximum atomic E-state index is 12.9. The molecule has 4 nitrogen and oxygen atoms in total. The fourth-order valence-electron chi connectivity index (χ4n) is 1.15. The highest BCUT2D eigenvalue weighted by Gasteiger charge is 2.34. The third-order valence-electron chi connectivity index (χ3n) is 1.94. The first-order valence-electron chi connectivity index (χ1n) is 4.61. The fraction of sp³-hybridized carbons (Fsp3) is 0.200. The quantitative estimate of drug-likeness (QED) is 0.837. The number of hydrogen-bond donors (Lipinski definition) is 1. The van der Waals surface area contributed by atoms with Gasteiger partial charge in [-0.05, 0) is 18.2 Å². The zero-order chi connectivity index (χ0) is 13.9. The van der Waals surface area contributed by atoms with Crippen LogP contribution in [0, 0.1) is 5.82 Å². The van der Waals surface area contributed by atoms with Gasteiger partial charge in [-0.25, -0.2) is 4.39 Å². The number of amides is 2. The van der Waals surface area contributed by atoms with Crippen LogP contribution in [-0.4, -0.2) is 18.4 Å². The Morgan fingerprint density at radius 1 is 1.28 bits per heavy atom. The Balaban J connectivity index is 2.98. The van der Waals surface area contributed by atoms with Gasteiger partial charge >= 0.3 is 6.18 Å². The Hall–Kier alpha value is -2.12. The van der Waals surface area contributed by atoms with Gasteiger partial charge < -0.3 is 5.32 Å². The topological polar surface area (TPSA) is 70.0 Å². The van der Waals surface area contributed by atoms with Gasteiger partial charge in [-0.3, -0.25) is 15.3 Å². The van der Waals surface area contributed by atoms with Crippen LogP contribution in [0.1, 0.15) is 15.9 Å². The highest BCUT2D eigenvalue weighted by Crippen LogP contribution is 2.31. The summed E-state index contributed by atoms with van der Waals surface area (Å²) in [6, 6.07) is 1.72. The predicted molar refractivity (Wildman–Crippen MR) is 51.8 cm³/mol. The monoisotopic (exact) mass is 263 g/mol. The summed E-state index contributed by atoms with van der Waals surface area (Å²) in [4.78, 5) is 21.6. The highest BCUT2D eigenvalue weighted by atomic mass is 19.4. The summed E-state index contributed by atoms with van der Waals surface area (Å²) in [5.41, 5.74) is 4.51. The molecule has 1 aromatic carbocycles. The molecular weight excluding hydrogens is 256 g/mol. The van der Waals surface area contributed by atoms with E-state index >= 15 is 0 Å². The molecule has 18 heavy (non-hydrogen) atoms. The molecule has 0 aliphatic rings. The van der Waals surface area contributed by atoms with Crippen LogP contribution in [0.4, 0.5) is 17.6 Å². The third-order valence-corrected chi connectivity index (χ3v) is 1.94. The lowest BCUT2D eigenvalue weighted by Gasteiger charge is -2.09. The van der Waals surface area contributed by atoms with Crippen molar-refractivity contribution in [1.29, 1.82) is 0 Å². The van der Waals surface area contributed by atoms with Gasteiger partial charge in [0.1, 0.15) is 5.82 Å². The van der Waals surface area contributed by atoms with E-state index in [2.05, 4.69) is 0 Å². The molecule has 0 bridgehead atoms. The summed E-state index contributed by atoms with van der Waals surface area (Å²) >= 11 is 0. The van der Waals surface area contributed by atoms with Gasteiger partial charge in [0.15, 0.2) is 0 Å². The lowest BCUT2D eigenvalue weighted by Crippen LogP contribution is -2.30. The number of halogens is 4. The second-order valence-electron chi connectivity index (χ2n) is 3.30. The largest absolute Gasteiger partial charge is 0.419 e. The number of carbonyl (C=O) groups excluding carboxylic acids is 2. The van der Waals surface area contributed by atoms with E-state index in [1.165, 1.54) is 0 Å². The normalized spacial score (nSPS) is 11.1. The molecule has 0 saturated carbocycles. The molecule has 1 radical (unpaired) electrons. The lowest BCUT2D eigenvalue weighted by molar-refractivity contribution is -0.140. The van der Waals surface area contributed by atoms with E-state index < -0.39 is 41.5 Å². The summed E-state index contributed by atoms with van der Waals surface area (Å²) in [6.07, 6.45) is -4.91. The summed E-state index contributed by atoms with van der Waals surface area (Å²) in [5.74, 6) is -3.57.